The summed E-state index contributed by atoms with van der Waals surface area (Å²) in [6, 6.07) is -0.564. The molecule has 0 spiro atoms. The summed E-state index contributed by atoms with van der Waals surface area (Å²) >= 11 is 0. The van der Waals surface area contributed by atoms with Gasteiger partial charge in [-0.05, 0) is 56.8 Å². The lowest BCUT2D eigenvalue weighted by atomic mass is 9.75. The monoisotopic (exact) mass is 370 g/mol. The van der Waals surface area contributed by atoms with Gasteiger partial charge in [0.15, 0.2) is 0 Å². The standard InChI is InChI=1S/C13H26N2O6S2/c14-10-3-1-8(12(6-10)22(16,17)18)5-9-2-4-11(15)7-13(9)23(19,20)21/h8-13H,1-7,14-15H2,(H,16,17,18)(H,19,20,21). The van der Waals surface area contributed by atoms with Gasteiger partial charge >= 0.3 is 0 Å². The summed E-state index contributed by atoms with van der Waals surface area (Å²) in [5, 5.41) is -1.94. The third-order valence-electron chi connectivity index (χ3n) is 5.31. The Balaban J connectivity index is 2.17. The van der Waals surface area contributed by atoms with Gasteiger partial charge in [-0.1, -0.05) is 0 Å². The minimum absolute atomic E-state index is 0.173. The summed E-state index contributed by atoms with van der Waals surface area (Å²) in [7, 11) is -8.48. The molecule has 0 aliphatic heterocycles. The van der Waals surface area contributed by atoms with Crippen LogP contribution in [0, 0.1) is 11.8 Å². The van der Waals surface area contributed by atoms with Gasteiger partial charge in [-0.3, -0.25) is 9.11 Å². The van der Waals surface area contributed by atoms with Crippen molar-refractivity contribution in [2.45, 2.75) is 67.5 Å². The third-order valence-corrected chi connectivity index (χ3v) is 7.99. The van der Waals surface area contributed by atoms with Crippen molar-refractivity contribution in [2.75, 3.05) is 0 Å². The fraction of sp³-hybridized carbons (Fsp3) is 1.00. The van der Waals surface area contributed by atoms with Crippen LogP contribution in [-0.2, 0) is 20.2 Å². The number of rotatable bonds is 4. The van der Waals surface area contributed by atoms with E-state index in [0.29, 0.717) is 32.1 Å². The molecule has 6 unspecified atom stereocenters. The van der Waals surface area contributed by atoms with Gasteiger partial charge in [0.05, 0.1) is 10.5 Å². The van der Waals surface area contributed by atoms with E-state index in [4.69, 9.17) is 11.5 Å². The van der Waals surface area contributed by atoms with E-state index in [0.717, 1.165) is 0 Å². The predicted octanol–water partition coefficient (Wildman–Crippen LogP) is 0.144. The predicted molar refractivity (Wildman–Crippen MR) is 85.9 cm³/mol. The molecule has 0 bridgehead atoms. The van der Waals surface area contributed by atoms with Gasteiger partial charge in [0.2, 0.25) is 0 Å². The Hall–Kier alpha value is -0.260. The summed E-state index contributed by atoms with van der Waals surface area (Å²) in [4.78, 5) is 0. The Bertz CT molecular complexity index is 566. The second kappa shape index (κ2) is 6.93. The van der Waals surface area contributed by atoms with Gasteiger partial charge in [0.1, 0.15) is 0 Å². The average molecular weight is 370 g/mol. The van der Waals surface area contributed by atoms with E-state index in [1.165, 1.54) is 0 Å². The van der Waals surface area contributed by atoms with E-state index in [2.05, 4.69) is 0 Å². The van der Waals surface area contributed by atoms with Gasteiger partial charge < -0.3 is 11.5 Å². The van der Waals surface area contributed by atoms with E-state index in [-0.39, 0.29) is 36.8 Å². The van der Waals surface area contributed by atoms with Crippen molar-refractivity contribution in [2.24, 2.45) is 23.3 Å². The maximum atomic E-state index is 11.6. The van der Waals surface area contributed by atoms with Gasteiger partial charge in [-0.15, -0.1) is 0 Å². The van der Waals surface area contributed by atoms with Crippen LogP contribution in [0.3, 0.4) is 0 Å². The molecule has 2 saturated carbocycles. The molecule has 0 saturated heterocycles. The fourth-order valence-corrected chi connectivity index (χ4v) is 6.55. The van der Waals surface area contributed by atoms with Gasteiger partial charge in [-0.2, -0.15) is 16.8 Å². The van der Waals surface area contributed by atoms with Crippen molar-refractivity contribution in [1.29, 1.82) is 0 Å². The molecule has 2 fully saturated rings. The molecule has 0 amide bonds. The molecule has 0 aromatic rings. The zero-order valence-corrected chi connectivity index (χ0v) is 14.5. The van der Waals surface area contributed by atoms with Crippen molar-refractivity contribution in [3.8, 4) is 0 Å². The first-order chi connectivity index (χ1) is 10.5. The van der Waals surface area contributed by atoms with Crippen LogP contribution in [0.4, 0.5) is 0 Å². The second-order valence-corrected chi connectivity index (χ2v) is 10.3. The van der Waals surface area contributed by atoms with Crippen LogP contribution in [0.25, 0.3) is 0 Å². The first kappa shape index (κ1) is 19.1. The topological polar surface area (TPSA) is 161 Å². The smallest absolute Gasteiger partial charge is 0.268 e. The lowest BCUT2D eigenvalue weighted by Crippen LogP contribution is -2.45. The van der Waals surface area contributed by atoms with Crippen molar-refractivity contribution < 1.29 is 25.9 Å². The number of hydrogen-bond donors (Lipinski definition) is 4. The lowest BCUT2D eigenvalue weighted by molar-refractivity contribution is 0.219. The van der Waals surface area contributed by atoms with Gasteiger partial charge in [0.25, 0.3) is 20.2 Å². The van der Waals surface area contributed by atoms with Crippen LogP contribution < -0.4 is 11.5 Å². The van der Waals surface area contributed by atoms with Crippen molar-refractivity contribution in [1.82, 2.24) is 0 Å². The third kappa shape index (κ3) is 4.86. The molecule has 0 heterocycles. The molecule has 0 aromatic heterocycles. The molecule has 6 atom stereocenters. The molecule has 0 aromatic carbocycles. The van der Waals surface area contributed by atoms with Crippen molar-refractivity contribution in [3.05, 3.63) is 0 Å². The highest BCUT2D eigenvalue weighted by atomic mass is 32.2. The molecule has 136 valence electrons. The highest BCUT2D eigenvalue weighted by molar-refractivity contribution is 7.86. The Morgan fingerprint density at radius 2 is 1.09 bits per heavy atom. The molecule has 2 rings (SSSR count). The molecular formula is C13H26N2O6S2. The van der Waals surface area contributed by atoms with Gasteiger partial charge in [-0.25, -0.2) is 0 Å². The molecule has 0 radical (unpaired) electrons. The zero-order valence-electron chi connectivity index (χ0n) is 12.9. The Kier molecular flexibility index (Phi) is 5.74. The van der Waals surface area contributed by atoms with Crippen LogP contribution in [0.5, 0.6) is 0 Å². The van der Waals surface area contributed by atoms with Crippen molar-refractivity contribution in [3.63, 3.8) is 0 Å². The largest absolute Gasteiger partial charge is 0.328 e. The first-order valence-corrected chi connectivity index (χ1v) is 10.9. The average Bonchev–Trinajstić information content (AvgIpc) is 2.40. The Morgan fingerprint density at radius 3 is 1.39 bits per heavy atom. The highest BCUT2D eigenvalue weighted by Gasteiger charge is 2.43. The molecule has 10 heteroatoms. The second-order valence-electron chi connectivity index (χ2n) is 7.01. The quantitative estimate of drug-likeness (QED) is 0.508. The van der Waals surface area contributed by atoms with E-state index in [1.807, 2.05) is 0 Å². The van der Waals surface area contributed by atoms with Crippen LogP contribution in [0.15, 0.2) is 0 Å². The summed E-state index contributed by atoms with van der Waals surface area (Å²) < 4.78 is 65.4. The summed E-state index contributed by atoms with van der Waals surface area (Å²) in [6.45, 7) is 0. The zero-order chi connectivity index (χ0) is 17.4. The van der Waals surface area contributed by atoms with Gasteiger partial charge in [0, 0.05) is 12.1 Å². The molecule has 2 aliphatic carbocycles. The van der Waals surface area contributed by atoms with Crippen LogP contribution >= 0.6 is 0 Å². The lowest BCUT2D eigenvalue weighted by Gasteiger charge is -2.38. The van der Waals surface area contributed by atoms with E-state index in [9.17, 15) is 25.9 Å². The summed E-state index contributed by atoms with van der Waals surface area (Å²) in [5.41, 5.74) is 11.6. The van der Waals surface area contributed by atoms with Crippen LogP contribution in [-0.4, -0.2) is 48.5 Å². The number of hydrogen-bond acceptors (Lipinski definition) is 6. The SMILES string of the molecule is NC1CCC(CC2CCC(N)CC2S(=O)(=O)O)C(S(=O)(=O)O)C1. The van der Waals surface area contributed by atoms with Crippen LogP contribution in [0.2, 0.25) is 0 Å². The molecule has 8 nitrogen and oxygen atoms in total. The van der Waals surface area contributed by atoms with E-state index in [1.54, 1.807) is 0 Å². The Morgan fingerprint density at radius 1 is 0.739 bits per heavy atom. The maximum absolute atomic E-state index is 11.6. The Labute approximate surface area is 137 Å². The maximum Gasteiger partial charge on any atom is 0.268 e. The normalized spacial score (nSPS) is 40.0. The molecule has 6 N–H and O–H groups in total. The summed E-state index contributed by atoms with van der Waals surface area (Å²) in [5.74, 6) is -0.707. The van der Waals surface area contributed by atoms with E-state index < -0.39 is 30.7 Å². The van der Waals surface area contributed by atoms with Crippen LogP contribution in [0.1, 0.15) is 44.9 Å². The first-order valence-electron chi connectivity index (χ1n) is 7.92. The minimum Gasteiger partial charge on any atom is -0.328 e. The highest BCUT2D eigenvalue weighted by Crippen LogP contribution is 2.39. The number of nitrogens with two attached hydrogens (primary N) is 2. The fourth-order valence-electron chi connectivity index (χ4n) is 4.10. The molecular weight excluding hydrogens is 344 g/mol. The molecule has 23 heavy (non-hydrogen) atoms. The minimum atomic E-state index is -4.24. The van der Waals surface area contributed by atoms with E-state index >= 15 is 0 Å². The molecule has 2 aliphatic rings. The van der Waals surface area contributed by atoms with Crippen molar-refractivity contribution >= 4 is 20.2 Å². The summed E-state index contributed by atoms with van der Waals surface area (Å²) in [6.07, 6.45) is 2.99.